The molecule has 17 heavy (non-hydrogen) atoms. The Bertz CT molecular complexity index is 543. The van der Waals surface area contributed by atoms with Gasteiger partial charge in [0.05, 0.1) is 17.4 Å². The Morgan fingerprint density at radius 2 is 2.00 bits per heavy atom. The molecule has 0 spiro atoms. The number of rotatable bonds is 1. The lowest BCUT2D eigenvalue weighted by molar-refractivity contribution is -0.136. The van der Waals surface area contributed by atoms with Gasteiger partial charge < -0.3 is 5.73 Å². The van der Waals surface area contributed by atoms with E-state index in [1.165, 1.54) is 16.8 Å². The predicted molar refractivity (Wildman–Crippen MR) is 57.7 cm³/mol. The largest absolute Gasteiger partial charge is 0.418 e. The molecule has 1 heterocycles. The normalized spacial score (nSPS) is 11.8. The van der Waals surface area contributed by atoms with Gasteiger partial charge in [0.15, 0.2) is 0 Å². The van der Waals surface area contributed by atoms with Gasteiger partial charge in [0.25, 0.3) is 0 Å². The molecule has 3 nitrogen and oxygen atoms in total. The van der Waals surface area contributed by atoms with E-state index in [0.717, 1.165) is 11.6 Å². The highest BCUT2D eigenvalue weighted by molar-refractivity contribution is 5.53. The average molecular weight is 241 g/mol. The van der Waals surface area contributed by atoms with Crippen molar-refractivity contribution in [2.24, 2.45) is 0 Å². The molecule has 0 atom stereocenters. The van der Waals surface area contributed by atoms with Crippen LogP contribution in [0.1, 0.15) is 11.1 Å². The smallest absolute Gasteiger partial charge is 0.398 e. The first-order valence-electron chi connectivity index (χ1n) is 4.86. The van der Waals surface area contributed by atoms with E-state index >= 15 is 0 Å². The number of nitrogens with zero attached hydrogens (tertiary/aromatic N) is 2. The van der Waals surface area contributed by atoms with Crippen LogP contribution in [0, 0.1) is 6.92 Å². The molecule has 0 saturated carbocycles. The maximum absolute atomic E-state index is 12.6. The molecule has 90 valence electrons. The van der Waals surface area contributed by atoms with E-state index in [1.54, 1.807) is 12.4 Å². The number of hydrogen-bond donors (Lipinski definition) is 1. The van der Waals surface area contributed by atoms with E-state index < -0.39 is 11.7 Å². The lowest BCUT2D eigenvalue weighted by atomic mass is 10.1. The van der Waals surface area contributed by atoms with Gasteiger partial charge in [-0.05, 0) is 30.7 Å². The Labute approximate surface area is 95.7 Å². The molecule has 0 amide bonds. The predicted octanol–water partition coefficient (Wildman–Crippen LogP) is 2.78. The van der Waals surface area contributed by atoms with E-state index in [1.807, 2.05) is 6.92 Å². The molecule has 0 bridgehead atoms. The molecule has 6 heteroatoms. The van der Waals surface area contributed by atoms with Gasteiger partial charge in [0.1, 0.15) is 0 Å². The van der Waals surface area contributed by atoms with Gasteiger partial charge in [-0.25, -0.2) is 4.68 Å². The summed E-state index contributed by atoms with van der Waals surface area (Å²) in [6.45, 7) is 1.81. The third kappa shape index (κ3) is 2.25. The van der Waals surface area contributed by atoms with E-state index in [0.29, 0.717) is 5.69 Å². The molecule has 2 aromatic rings. The minimum absolute atomic E-state index is 0.287. The van der Waals surface area contributed by atoms with Gasteiger partial charge in [0.2, 0.25) is 0 Å². The zero-order valence-electron chi connectivity index (χ0n) is 8.99. The van der Waals surface area contributed by atoms with Crippen molar-refractivity contribution in [3.63, 3.8) is 0 Å². The molecule has 2 N–H and O–H groups in total. The molecule has 0 aliphatic heterocycles. The monoisotopic (exact) mass is 241 g/mol. The van der Waals surface area contributed by atoms with Crippen LogP contribution in [-0.2, 0) is 6.18 Å². The number of benzene rings is 1. The minimum Gasteiger partial charge on any atom is -0.398 e. The molecule has 0 aliphatic carbocycles. The molecule has 2 rings (SSSR count). The van der Waals surface area contributed by atoms with Crippen molar-refractivity contribution in [2.75, 3.05) is 5.73 Å². The highest BCUT2D eigenvalue weighted by Crippen LogP contribution is 2.34. The molecule has 0 fully saturated rings. The summed E-state index contributed by atoms with van der Waals surface area (Å²) in [6, 6.07) is 3.72. The molecule has 1 aromatic carbocycles. The number of alkyl halides is 3. The SMILES string of the molecule is Cc1cnn(-c2ccc(N)c(C(F)(F)F)c2)c1. The van der Waals surface area contributed by atoms with Gasteiger partial charge >= 0.3 is 6.18 Å². The molecule has 0 saturated heterocycles. The number of hydrogen-bond acceptors (Lipinski definition) is 2. The summed E-state index contributed by atoms with van der Waals surface area (Å²) in [5.41, 5.74) is 5.38. The van der Waals surface area contributed by atoms with Gasteiger partial charge in [0, 0.05) is 11.9 Å². The van der Waals surface area contributed by atoms with Crippen molar-refractivity contribution < 1.29 is 13.2 Å². The Balaban J connectivity index is 2.51. The Morgan fingerprint density at radius 3 is 2.53 bits per heavy atom. The van der Waals surface area contributed by atoms with E-state index in [2.05, 4.69) is 5.10 Å². The van der Waals surface area contributed by atoms with Crippen LogP contribution in [-0.4, -0.2) is 9.78 Å². The van der Waals surface area contributed by atoms with Crippen molar-refractivity contribution in [1.29, 1.82) is 0 Å². The fourth-order valence-electron chi connectivity index (χ4n) is 1.49. The lowest BCUT2D eigenvalue weighted by Crippen LogP contribution is -2.10. The van der Waals surface area contributed by atoms with Crippen LogP contribution in [0.2, 0.25) is 0 Å². The lowest BCUT2D eigenvalue weighted by Gasteiger charge is -2.11. The quantitative estimate of drug-likeness (QED) is 0.780. The second kappa shape index (κ2) is 3.80. The number of nitrogen functional groups attached to an aromatic ring is 1. The summed E-state index contributed by atoms with van der Waals surface area (Å²) < 4.78 is 39.3. The minimum atomic E-state index is -4.46. The molecule has 0 aliphatic rings. The van der Waals surface area contributed by atoms with Crippen molar-refractivity contribution in [3.8, 4) is 5.69 Å². The fraction of sp³-hybridized carbons (Fsp3) is 0.182. The van der Waals surface area contributed by atoms with Crippen LogP contribution in [0.5, 0.6) is 0 Å². The summed E-state index contributed by atoms with van der Waals surface area (Å²) in [6.07, 6.45) is -1.24. The summed E-state index contributed by atoms with van der Waals surface area (Å²) in [5, 5.41) is 3.95. The number of aromatic nitrogens is 2. The van der Waals surface area contributed by atoms with Crippen molar-refractivity contribution in [1.82, 2.24) is 9.78 Å². The van der Waals surface area contributed by atoms with Crippen molar-refractivity contribution >= 4 is 5.69 Å². The molecular formula is C11H10F3N3. The molecule has 0 radical (unpaired) electrons. The van der Waals surface area contributed by atoms with E-state index in [-0.39, 0.29) is 5.69 Å². The summed E-state index contributed by atoms with van der Waals surface area (Å²) in [5.74, 6) is 0. The van der Waals surface area contributed by atoms with Crippen LogP contribution in [0.15, 0.2) is 30.6 Å². The van der Waals surface area contributed by atoms with Crippen LogP contribution >= 0.6 is 0 Å². The second-order valence-electron chi connectivity index (χ2n) is 3.73. The third-order valence-corrected chi connectivity index (χ3v) is 2.32. The number of anilines is 1. The zero-order chi connectivity index (χ0) is 12.6. The number of halogens is 3. The summed E-state index contributed by atoms with van der Waals surface area (Å²) in [4.78, 5) is 0. The van der Waals surface area contributed by atoms with Gasteiger partial charge in [-0.1, -0.05) is 0 Å². The Morgan fingerprint density at radius 1 is 1.29 bits per heavy atom. The maximum atomic E-state index is 12.6. The van der Waals surface area contributed by atoms with Gasteiger partial charge in [-0.3, -0.25) is 0 Å². The second-order valence-corrected chi connectivity index (χ2v) is 3.73. The first kappa shape index (κ1) is 11.5. The first-order chi connectivity index (χ1) is 7.88. The average Bonchev–Trinajstić information content (AvgIpc) is 2.64. The van der Waals surface area contributed by atoms with Crippen LogP contribution < -0.4 is 5.73 Å². The van der Waals surface area contributed by atoms with Gasteiger partial charge in [-0.2, -0.15) is 18.3 Å². The third-order valence-electron chi connectivity index (χ3n) is 2.32. The zero-order valence-corrected chi connectivity index (χ0v) is 8.99. The molecule has 1 aromatic heterocycles. The fourth-order valence-corrected chi connectivity index (χ4v) is 1.49. The first-order valence-corrected chi connectivity index (χ1v) is 4.86. The van der Waals surface area contributed by atoms with Gasteiger partial charge in [-0.15, -0.1) is 0 Å². The topological polar surface area (TPSA) is 43.8 Å². The highest BCUT2D eigenvalue weighted by Gasteiger charge is 2.33. The summed E-state index contributed by atoms with van der Waals surface area (Å²) >= 11 is 0. The number of nitrogens with two attached hydrogens (primary N) is 1. The van der Waals surface area contributed by atoms with E-state index in [4.69, 9.17) is 5.73 Å². The van der Waals surface area contributed by atoms with Crippen LogP contribution in [0.25, 0.3) is 5.69 Å². The molecular weight excluding hydrogens is 231 g/mol. The van der Waals surface area contributed by atoms with Crippen LogP contribution in [0.4, 0.5) is 18.9 Å². The van der Waals surface area contributed by atoms with E-state index in [9.17, 15) is 13.2 Å². The number of aryl methyl sites for hydroxylation is 1. The van der Waals surface area contributed by atoms with Crippen molar-refractivity contribution in [3.05, 3.63) is 41.7 Å². The maximum Gasteiger partial charge on any atom is 0.418 e. The Hall–Kier alpha value is -1.98. The van der Waals surface area contributed by atoms with Crippen LogP contribution in [0.3, 0.4) is 0 Å². The molecule has 0 unspecified atom stereocenters. The van der Waals surface area contributed by atoms with Crippen molar-refractivity contribution in [2.45, 2.75) is 13.1 Å². The highest BCUT2D eigenvalue weighted by atomic mass is 19.4. The Kier molecular flexibility index (Phi) is 2.57. The summed E-state index contributed by atoms with van der Waals surface area (Å²) in [7, 11) is 0. The standard InChI is InChI=1S/C11H10F3N3/c1-7-5-16-17(6-7)8-2-3-10(15)9(4-8)11(12,13)14/h2-6H,15H2,1H3.